The number of benzene rings is 1. The Morgan fingerprint density at radius 3 is 2.96 bits per heavy atom. The highest BCUT2D eigenvalue weighted by Gasteiger charge is 2.14. The lowest BCUT2D eigenvalue weighted by Crippen LogP contribution is -2.38. The summed E-state index contributed by atoms with van der Waals surface area (Å²) in [5, 5.41) is 7.44. The highest BCUT2D eigenvalue weighted by molar-refractivity contribution is 14.0. The normalized spacial score (nSPS) is 17.5. The predicted molar refractivity (Wildman–Crippen MR) is 112 cm³/mol. The molecule has 0 bridgehead atoms. The standard InChI is InChI=1S/C17H27N3OS.HI/c1-3-18-17(20-13-16-8-5-11-22-16)19-10-9-14-6-4-7-15(12-14)21-2;/h4,6-7,12,16H,3,5,8-11,13H2,1-2H3,(H2,18,19,20);1H. The van der Waals surface area contributed by atoms with Gasteiger partial charge in [-0.25, -0.2) is 0 Å². The molecule has 130 valence electrons. The van der Waals surface area contributed by atoms with Gasteiger partial charge in [0.1, 0.15) is 5.75 Å². The molecule has 1 unspecified atom stereocenters. The molecule has 0 aliphatic carbocycles. The van der Waals surface area contributed by atoms with Crippen LogP contribution in [0, 0.1) is 0 Å². The number of hydrogen-bond donors (Lipinski definition) is 2. The molecule has 1 aromatic rings. The first kappa shape index (κ1) is 20.4. The van der Waals surface area contributed by atoms with Crippen LogP contribution < -0.4 is 15.4 Å². The van der Waals surface area contributed by atoms with Gasteiger partial charge in [0.15, 0.2) is 5.96 Å². The molecule has 6 heteroatoms. The quantitative estimate of drug-likeness (QED) is 0.381. The fraction of sp³-hybridized carbons (Fsp3) is 0.588. The number of guanidine groups is 1. The molecule has 1 atom stereocenters. The predicted octanol–water partition coefficient (Wildman–Crippen LogP) is 3.31. The summed E-state index contributed by atoms with van der Waals surface area (Å²) in [6.45, 7) is 4.78. The third-order valence-corrected chi connectivity index (χ3v) is 5.04. The molecule has 0 amide bonds. The smallest absolute Gasteiger partial charge is 0.191 e. The molecule has 1 heterocycles. The van der Waals surface area contributed by atoms with Crippen LogP contribution in [-0.2, 0) is 6.42 Å². The van der Waals surface area contributed by atoms with Crippen LogP contribution in [0.3, 0.4) is 0 Å². The number of thioether (sulfide) groups is 1. The van der Waals surface area contributed by atoms with Gasteiger partial charge in [-0.2, -0.15) is 11.8 Å². The van der Waals surface area contributed by atoms with Crippen LogP contribution in [0.25, 0.3) is 0 Å². The van der Waals surface area contributed by atoms with Crippen LogP contribution in [0.4, 0.5) is 0 Å². The molecule has 1 aliphatic heterocycles. The highest BCUT2D eigenvalue weighted by atomic mass is 127. The molecule has 0 radical (unpaired) electrons. The first-order chi connectivity index (χ1) is 10.8. The molecule has 1 aliphatic rings. The van der Waals surface area contributed by atoms with E-state index in [1.165, 1.54) is 24.2 Å². The lowest BCUT2D eigenvalue weighted by molar-refractivity contribution is 0.414. The van der Waals surface area contributed by atoms with Gasteiger partial charge in [0.25, 0.3) is 0 Å². The zero-order valence-corrected chi connectivity index (χ0v) is 17.2. The molecule has 1 fully saturated rings. The summed E-state index contributed by atoms with van der Waals surface area (Å²) in [6.07, 6.45) is 3.60. The molecule has 0 saturated carbocycles. The van der Waals surface area contributed by atoms with Crippen LogP contribution >= 0.6 is 35.7 Å². The van der Waals surface area contributed by atoms with Crippen LogP contribution in [0.5, 0.6) is 5.75 Å². The third-order valence-electron chi connectivity index (χ3n) is 3.66. The summed E-state index contributed by atoms with van der Waals surface area (Å²) in [5.41, 5.74) is 1.27. The fourth-order valence-corrected chi connectivity index (χ4v) is 3.66. The van der Waals surface area contributed by atoms with Crippen LogP contribution in [0.15, 0.2) is 29.3 Å². The molecule has 0 aromatic heterocycles. The summed E-state index contributed by atoms with van der Waals surface area (Å²) in [4.78, 5) is 4.71. The molecule has 4 nitrogen and oxygen atoms in total. The SMILES string of the molecule is CCNC(=NCC1CCCS1)NCCc1cccc(OC)c1.I. The van der Waals surface area contributed by atoms with Gasteiger partial charge in [-0.15, -0.1) is 24.0 Å². The van der Waals surface area contributed by atoms with E-state index >= 15 is 0 Å². The number of nitrogens with zero attached hydrogens (tertiary/aromatic N) is 1. The summed E-state index contributed by atoms with van der Waals surface area (Å²) in [6, 6.07) is 8.22. The Morgan fingerprint density at radius 2 is 2.26 bits per heavy atom. The largest absolute Gasteiger partial charge is 0.497 e. The number of nitrogens with one attached hydrogen (secondary N) is 2. The van der Waals surface area contributed by atoms with Crippen LogP contribution in [0.1, 0.15) is 25.3 Å². The minimum Gasteiger partial charge on any atom is -0.497 e. The zero-order valence-electron chi connectivity index (χ0n) is 14.0. The molecule has 2 rings (SSSR count). The topological polar surface area (TPSA) is 45.7 Å². The first-order valence-electron chi connectivity index (χ1n) is 8.08. The average Bonchev–Trinajstić information content (AvgIpc) is 3.06. The second kappa shape index (κ2) is 11.8. The van der Waals surface area contributed by atoms with Gasteiger partial charge >= 0.3 is 0 Å². The van der Waals surface area contributed by atoms with E-state index in [4.69, 9.17) is 9.73 Å². The number of hydrogen-bond acceptors (Lipinski definition) is 3. The highest BCUT2D eigenvalue weighted by Crippen LogP contribution is 2.25. The van der Waals surface area contributed by atoms with Crippen molar-refractivity contribution in [2.45, 2.75) is 31.4 Å². The number of aliphatic imine (C=N–C) groups is 1. The Balaban J connectivity index is 0.00000264. The number of rotatable bonds is 7. The van der Waals surface area contributed by atoms with E-state index in [1.54, 1.807) is 7.11 Å². The van der Waals surface area contributed by atoms with Crippen molar-refractivity contribution in [1.82, 2.24) is 10.6 Å². The van der Waals surface area contributed by atoms with Crippen molar-refractivity contribution in [2.75, 3.05) is 32.5 Å². The van der Waals surface area contributed by atoms with E-state index in [1.807, 2.05) is 12.1 Å². The van der Waals surface area contributed by atoms with E-state index in [2.05, 4.69) is 41.5 Å². The minimum absolute atomic E-state index is 0. The van der Waals surface area contributed by atoms with Crippen molar-refractivity contribution in [3.63, 3.8) is 0 Å². The number of halogens is 1. The maximum atomic E-state index is 5.26. The Morgan fingerprint density at radius 1 is 1.39 bits per heavy atom. The van der Waals surface area contributed by atoms with Crippen LogP contribution in [0.2, 0.25) is 0 Å². The van der Waals surface area contributed by atoms with Gasteiger partial charge in [-0.1, -0.05) is 12.1 Å². The van der Waals surface area contributed by atoms with E-state index in [9.17, 15) is 0 Å². The second-order valence-corrected chi connectivity index (χ2v) is 6.79. The number of methoxy groups -OCH3 is 1. The van der Waals surface area contributed by atoms with E-state index in [0.29, 0.717) is 5.25 Å². The van der Waals surface area contributed by atoms with Crippen LogP contribution in [-0.4, -0.2) is 43.7 Å². The Kier molecular flexibility index (Phi) is 10.5. The van der Waals surface area contributed by atoms with Crippen molar-refractivity contribution in [3.8, 4) is 5.75 Å². The fourth-order valence-electron chi connectivity index (χ4n) is 2.48. The summed E-state index contributed by atoms with van der Waals surface area (Å²) < 4.78 is 5.26. The molecular weight excluding hydrogens is 421 g/mol. The van der Waals surface area contributed by atoms with Crippen molar-refractivity contribution in [2.24, 2.45) is 4.99 Å². The van der Waals surface area contributed by atoms with Gasteiger partial charge in [0, 0.05) is 18.3 Å². The number of ether oxygens (including phenoxy) is 1. The van der Waals surface area contributed by atoms with Crippen molar-refractivity contribution in [1.29, 1.82) is 0 Å². The third kappa shape index (κ3) is 7.65. The lowest BCUT2D eigenvalue weighted by atomic mass is 10.1. The molecule has 1 saturated heterocycles. The van der Waals surface area contributed by atoms with Gasteiger partial charge in [-0.3, -0.25) is 4.99 Å². The summed E-state index contributed by atoms with van der Waals surface area (Å²) in [7, 11) is 1.70. The molecule has 2 N–H and O–H groups in total. The summed E-state index contributed by atoms with van der Waals surface area (Å²) in [5.74, 6) is 3.13. The lowest BCUT2D eigenvalue weighted by Gasteiger charge is -2.13. The summed E-state index contributed by atoms with van der Waals surface area (Å²) >= 11 is 2.05. The maximum Gasteiger partial charge on any atom is 0.191 e. The minimum atomic E-state index is 0. The van der Waals surface area contributed by atoms with E-state index < -0.39 is 0 Å². The Labute approximate surface area is 161 Å². The first-order valence-corrected chi connectivity index (χ1v) is 9.13. The van der Waals surface area contributed by atoms with Crippen molar-refractivity contribution in [3.05, 3.63) is 29.8 Å². The second-order valence-electron chi connectivity index (χ2n) is 5.38. The van der Waals surface area contributed by atoms with Gasteiger partial charge in [0.05, 0.1) is 13.7 Å². The Bertz CT molecular complexity index is 479. The Hall–Kier alpha value is -0.630. The van der Waals surface area contributed by atoms with Gasteiger partial charge < -0.3 is 15.4 Å². The van der Waals surface area contributed by atoms with Gasteiger partial charge in [-0.05, 0) is 49.6 Å². The van der Waals surface area contributed by atoms with E-state index in [-0.39, 0.29) is 24.0 Å². The van der Waals surface area contributed by atoms with Crippen molar-refractivity contribution >= 4 is 41.7 Å². The molecular formula is C17H28IN3OS. The average molecular weight is 449 g/mol. The zero-order chi connectivity index (χ0) is 15.6. The van der Waals surface area contributed by atoms with E-state index in [0.717, 1.165) is 37.8 Å². The van der Waals surface area contributed by atoms with Crippen molar-refractivity contribution < 1.29 is 4.74 Å². The monoisotopic (exact) mass is 449 g/mol. The molecule has 23 heavy (non-hydrogen) atoms. The molecule has 0 spiro atoms. The molecule has 1 aromatic carbocycles. The maximum absolute atomic E-state index is 5.26. The van der Waals surface area contributed by atoms with Gasteiger partial charge in [0.2, 0.25) is 0 Å².